The molecule has 1 N–H and O–H groups in total. The van der Waals surface area contributed by atoms with Crippen LogP contribution in [0.1, 0.15) is 45.9 Å². The molecule has 1 aliphatic heterocycles. The summed E-state index contributed by atoms with van der Waals surface area (Å²) < 4.78 is 2.14. The average molecular weight is 292 g/mol. The Bertz CT molecular complexity index is 413. The Hall–Kier alpha value is -0.870. The van der Waals surface area contributed by atoms with Crippen molar-refractivity contribution < 1.29 is 0 Å². The van der Waals surface area contributed by atoms with Gasteiger partial charge in [0.2, 0.25) is 0 Å². The van der Waals surface area contributed by atoms with Gasteiger partial charge in [0, 0.05) is 57.6 Å². The summed E-state index contributed by atoms with van der Waals surface area (Å²) in [5.41, 5.74) is 0. The van der Waals surface area contributed by atoms with Crippen molar-refractivity contribution in [3.8, 4) is 0 Å². The van der Waals surface area contributed by atoms with Gasteiger partial charge < -0.3 is 9.88 Å². The van der Waals surface area contributed by atoms with Gasteiger partial charge in [-0.3, -0.25) is 4.90 Å². The molecule has 1 aliphatic rings. The molecule has 1 fully saturated rings. The minimum absolute atomic E-state index is 0.666. The fourth-order valence-electron chi connectivity index (χ4n) is 3.40. The lowest BCUT2D eigenvalue weighted by Gasteiger charge is -2.41. The maximum Gasteiger partial charge on any atom is 0.109 e. The Morgan fingerprint density at radius 1 is 1.43 bits per heavy atom. The SMILES string of the molecule is CCCC1CN(CCc2nccn2C)C(CC(C)C)CN1. The number of nitrogens with zero attached hydrogens (tertiary/aromatic N) is 3. The summed E-state index contributed by atoms with van der Waals surface area (Å²) in [6.07, 6.45) is 8.83. The fraction of sp³-hybridized carbons (Fsp3) is 0.824. The fourth-order valence-corrected chi connectivity index (χ4v) is 3.40. The van der Waals surface area contributed by atoms with Crippen LogP contribution in [0.2, 0.25) is 0 Å². The summed E-state index contributed by atoms with van der Waals surface area (Å²) >= 11 is 0. The van der Waals surface area contributed by atoms with Gasteiger partial charge >= 0.3 is 0 Å². The van der Waals surface area contributed by atoms with E-state index in [2.05, 4.69) is 47.6 Å². The van der Waals surface area contributed by atoms with Crippen molar-refractivity contribution in [3.05, 3.63) is 18.2 Å². The van der Waals surface area contributed by atoms with Crippen LogP contribution in [0.3, 0.4) is 0 Å². The van der Waals surface area contributed by atoms with Crippen molar-refractivity contribution in [1.29, 1.82) is 0 Å². The van der Waals surface area contributed by atoms with Crippen molar-refractivity contribution in [2.24, 2.45) is 13.0 Å². The van der Waals surface area contributed by atoms with Gasteiger partial charge in [-0.25, -0.2) is 4.98 Å². The van der Waals surface area contributed by atoms with E-state index >= 15 is 0 Å². The maximum absolute atomic E-state index is 4.46. The molecule has 21 heavy (non-hydrogen) atoms. The minimum atomic E-state index is 0.666. The van der Waals surface area contributed by atoms with Gasteiger partial charge in [-0.05, 0) is 18.8 Å². The highest BCUT2D eigenvalue weighted by molar-refractivity contribution is 4.94. The molecular formula is C17H32N4. The van der Waals surface area contributed by atoms with E-state index in [1.165, 1.54) is 31.6 Å². The molecule has 2 atom stereocenters. The summed E-state index contributed by atoms with van der Waals surface area (Å²) in [7, 11) is 2.09. The standard InChI is InChI=1S/C17H32N4/c1-5-6-15-13-21(16(12-19-15)11-14(2)3)9-7-17-18-8-10-20(17)4/h8,10,14-16,19H,5-7,9,11-13H2,1-4H3. The first-order chi connectivity index (χ1) is 10.1. The van der Waals surface area contributed by atoms with E-state index < -0.39 is 0 Å². The molecular weight excluding hydrogens is 260 g/mol. The number of nitrogens with one attached hydrogen (secondary N) is 1. The molecule has 0 amide bonds. The van der Waals surface area contributed by atoms with Gasteiger partial charge in [0.15, 0.2) is 0 Å². The van der Waals surface area contributed by atoms with Crippen LogP contribution in [0.4, 0.5) is 0 Å². The molecule has 2 rings (SSSR count). The van der Waals surface area contributed by atoms with Crippen LogP contribution in [0.15, 0.2) is 12.4 Å². The van der Waals surface area contributed by atoms with Gasteiger partial charge in [-0.2, -0.15) is 0 Å². The van der Waals surface area contributed by atoms with Crippen LogP contribution in [-0.4, -0.2) is 46.2 Å². The second-order valence-electron chi connectivity index (χ2n) is 6.88. The molecule has 1 aromatic rings. The number of aromatic nitrogens is 2. The number of imidazole rings is 1. The maximum atomic E-state index is 4.46. The summed E-state index contributed by atoms with van der Waals surface area (Å²) in [6.45, 7) is 10.4. The largest absolute Gasteiger partial charge is 0.338 e. The molecule has 0 bridgehead atoms. The zero-order valence-corrected chi connectivity index (χ0v) is 14.2. The van der Waals surface area contributed by atoms with Crippen LogP contribution < -0.4 is 5.32 Å². The smallest absolute Gasteiger partial charge is 0.109 e. The quantitative estimate of drug-likeness (QED) is 0.838. The third-order valence-electron chi connectivity index (χ3n) is 4.54. The second kappa shape index (κ2) is 7.95. The zero-order chi connectivity index (χ0) is 15.2. The molecule has 2 heterocycles. The van der Waals surface area contributed by atoms with E-state index in [4.69, 9.17) is 0 Å². The van der Waals surface area contributed by atoms with Gasteiger partial charge in [0.1, 0.15) is 5.82 Å². The first kappa shape index (κ1) is 16.5. The number of aryl methyl sites for hydroxylation is 1. The lowest BCUT2D eigenvalue weighted by Crippen LogP contribution is -2.57. The molecule has 1 saturated heterocycles. The third kappa shape index (κ3) is 4.82. The van der Waals surface area contributed by atoms with Crippen molar-refractivity contribution >= 4 is 0 Å². The van der Waals surface area contributed by atoms with E-state index in [0.717, 1.165) is 25.4 Å². The number of rotatable bonds is 7. The molecule has 4 nitrogen and oxygen atoms in total. The van der Waals surface area contributed by atoms with Crippen molar-refractivity contribution in [3.63, 3.8) is 0 Å². The predicted molar refractivity (Wildman–Crippen MR) is 88.4 cm³/mol. The molecule has 0 saturated carbocycles. The van der Waals surface area contributed by atoms with Crippen LogP contribution in [0.25, 0.3) is 0 Å². The highest BCUT2D eigenvalue weighted by Crippen LogP contribution is 2.17. The van der Waals surface area contributed by atoms with Gasteiger partial charge in [-0.1, -0.05) is 27.2 Å². The summed E-state index contributed by atoms with van der Waals surface area (Å²) in [5.74, 6) is 1.96. The van der Waals surface area contributed by atoms with Crippen molar-refractivity contribution in [2.75, 3.05) is 19.6 Å². The lowest BCUT2D eigenvalue weighted by molar-refractivity contribution is 0.111. The molecule has 0 aliphatic carbocycles. The molecule has 2 unspecified atom stereocenters. The summed E-state index contributed by atoms with van der Waals surface area (Å²) in [5, 5.41) is 3.75. The highest BCUT2D eigenvalue weighted by atomic mass is 15.2. The van der Waals surface area contributed by atoms with E-state index in [1.807, 2.05) is 12.4 Å². The van der Waals surface area contributed by atoms with Crippen molar-refractivity contribution in [2.45, 2.75) is 58.5 Å². The van der Waals surface area contributed by atoms with Crippen LogP contribution in [0, 0.1) is 5.92 Å². The minimum Gasteiger partial charge on any atom is -0.338 e. The van der Waals surface area contributed by atoms with Crippen LogP contribution >= 0.6 is 0 Å². The second-order valence-corrected chi connectivity index (χ2v) is 6.88. The zero-order valence-electron chi connectivity index (χ0n) is 14.2. The lowest BCUT2D eigenvalue weighted by atomic mass is 9.97. The Morgan fingerprint density at radius 2 is 2.24 bits per heavy atom. The van der Waals surface area contributed by atoms with Crippen molar-refractivity contribution in [1.82, 2.24) is 19.8 Å². The van der Waals surface area contributed by atoms with Gasteiger partial charge in [0.25, 0.3) is 0 Å². The Labute approximate surface area is 129 Å². The summed E-state index contributed by atoms with van der Waals surface area (Å²) in [4.78, 5) is 7.16. The van der Waals surface area contributed by atoms with Crippen LogP contribution in [-0.2, 0) is 13.5 Å². The third-order valence-corrected chi connectivity index (χ3v) is 4.54. The van der Waals surface area contributed by atoms with E-state index in [1.54, 1.807) is 0 Å². The number of piperazine rings is 1. The van der Waals surface area contributed by atoms with E-state index in [0.29, 0.717) is 12.1 Å². The Kier molecular flexibility index (Phi) is 6.24. The molecule has 0 spiro atoms. The molecule has 1 aromatic heterocycles. The monoisotopic (exact) mass is 292 g/mol. The Balaban J connectivity index is 1.93. The first-order valence-electron chi connectivity index (χ1n) is 8.53. The molecule has 4 heteroatoms. The number of hydrogen-bond donors (Lipinski definition) is 1. The van der Waals surface area contributed by atoms with E-state index in [-0.39, 0.29) is 0 Å². The normalized spacial score (nSPS) is 23.9. The van der Waals surface area contributed by atoms with Crippen LogP contribution in [0.5, 0.6) is 0 Å². The van der Waals surface area contributed by atoms with Gasteiger partial charge in [-0.15, -0.1) is 0 Å². The predicted octanol–water partition coefficient (Wildman–Crippen LogP) is 2.45. The Morgan fingerprint density at radius 3 is 2.86 bits per heavy atom. The van der Waals surface area contributed by atoms with E-state index in [9.17, 15) is 0 Å². The molecule has 0 aromatic carbocycles. The summed E-state index contributed by atoms with van der Waals surface area (Å²) in [6, 6.07) is 1.35. The number of hydrogen-bond acceptors (Lipinski definition) is 3. The van der Waals surface area contributed by atoms with Gasteiger partial charge in [0.05, 0.1) is 0 Å². The topological polar surface area (TPSA) is 33.1 Å². The highest BCUT2D eigenvalue weighted by Gasteiger charge is 2.27. The molecule has 0 radical (unpaired) electrons. The first-order valence-corrected chi connectivity index (χ1v) is 8.53. The average Bonchev–Trinajstić information content (AvgIpc) is 2.84. The molecule has 120 valence electrons.